The second kappa shape index (κ2) is 6.42. The number of rotatable bonds is 4. The molecule has 1 saturated heterocycles. The molecule has 96 valence electrons. The van der Waals surface area contributed by atoms with Crippen LogP contribution in [0.5, 0.6) is 0 Å². The summed E-state index contributed by atoms with van der Waals surface area (Å²) in [4.78, 5) is 13.7. The van der Waals surface area contributed by atoms with Crippen molar-refractivity contribution in [1.82, 2.24) is 4.90 Å². The Bertz CT molecular complexity index is 341. The van der Waals surface area contributed by atoms with Gasteiger partial charge in [-0.1, -0.05) is 6.08 Å². The number of nitrogens with zero attached hydrogens (tertiary/aromatic N) is 1. The maximum atomic E-state index is 13.8. The quantitative estimate of drug-likeness (QED) is 0.559. The van der Waals surface area contributed by atoms with Gasteiger partial charge in [-0.15, -0.1) is 0 Å². The van der Waals surface area contributed by atoms with Crippen molar-refractivity contribution < 1.29 is 13.9 Å². The first-order valence-electron chi connectivity index (χ1n) is 5.93. The van der Waals surface area contributed by atoms with Crippen LogP contribution in [0.4, 0.5) is 4.39 Å². The minimum absolute atomic E-state index is 0.00495. The third-order valence-electron chi connectivity index (χ3n) is 3.05. The number of likely N-dealkylation sites (tertiary alicyclic amines) is 1. The maximum Gasteiger partial charge on any atom is 0.227 e. The summed E-state index contributed by atoms with van der Waals surface area (Å²) in [6.07, 6.45) is 3.84. The second-order valence-electron chi connectivity index (χ2n) is 4.15. The van der Waals surface area contributed by atoms with Crippen LogP contribution in [0.3, 0.4) is 0 Å². The zero-order valence-electron chi connectivity index (χ0n) is 10.8. The Labute approximate surface area is 102 Å². The van der Waals surface area contributed by atoms with Gasteiger partial charge < -0.3 is 9.64 Å². The van der Waals surface area contributed by atoms with E-state index >= 15 is 0 Å². The van der Waals surface area contributed by atoms with Gasteiger partial charge in [-0.05, 0) is 32.3 Å². The Morgan fingerprint density at radius 3 is 2.47 bits per heavy atom. The minimum atomic E-state index is -0.428. The van der Waals surface area contributed by atoms with Gasteiger partial charge in [0, 0.05) is 13.1 Å². The van der Waals surface area contributed by atoms with Crippen molar-refractivity contribution >= 4 is 5.91 Å². The summed E-state index contributed by atoms with van der Waals surface area (Å²) in [6, 6.07) is 0. The van der Waals surface area contributed by atoms with Gasteiger partial charge >= 0.3 is 0 Å². The number of carbonyl (C=O) groups excluding carboxylic acids is 1. The summed E-state index contributed by atoms with van der Waals surface area (Å²) in [5.41, 5.74) is 0.404. The van der Waals surface area contributed by atoms with Crippen LogP contribution in [0.1, 0.15) is 33.1 Å². The van der Waals surface area contributed by atoms with Gasteiger partial charge in [-0.3, -0.25) is 4.79 Å². The van der Waals surface area contributed by atoms with Gasteiger partial charge in [0.05, 0.1) is 13.5 Å². The van der Waals surface area contributed by atoms with E-state index < -0.39 is 5.83 Å². The fraction of sp³-hybridized carbons (Fsp3) is 0.615. The highest BCUT2D eigenvalue weighted by Gasteiger charge is 2.20. The monoisotopic (exact) mass is 241 g/mol. The van der Waals surface area contributed by atoms with Crippen molar-refractivity contribution in [2.75, 3.05) is 20.2 Å². The second-order valence-corrected chi connectivity index (χ2v) is 4.15. The zero-order chi connectivity index (χ0) is 12.8. The van der Waals surface area contributed by atoms with E-state index in [0.29, 0.717) is 5.57 Å². The lowest BCUT2D eigenvalue weighted by Crippen LogP contribution is -2.27. The van der Waals surface area contributed by atoms with Crippen molar-refractivity contribution in [3.05, 3.63) is 23.2 Å². The molecule has 0 aromatic rings. The van der Waals surface area contributed by atoms with Gasteiger partial charge in [-0.2, -0.15) is 0 Å². The lowest BCUT2D eigenvalue weighted by atomic mass is 10.1. The molecule has 0 unspecified atom stereocenters. The predicted molar refractivity (Wildman–Crippen MR) is 65.0 cm³/mol. The molecule has 0 saturated carbocycles. The Hall–Kier alpha value is -1.32. The van der Waals surface area contributed by atoms with E-state index in [0.717, 1.165) is 25.9 Å². The largest absolute Gasteiger partial charge is 0.498 e. The fourth-order valence-corrected chi connectivity index (χ4v) is 1.86. The van der Waals surface area contributed by atoms with E-state index in [1.165, 1.54) is 7.11 Å². The Morgan fingerprint density at radius 1 is 1.41 bits per heavy atom. The number of amides is 1. The standard InChI is InChI=1S/C13H20FNO2/c1-4-11(13(14)10(2)17-3)9-12(16)15-7-5-6-8-15/h4H,5-9H2,1-3H3/b11-4-,13-10-. The van der Waals surface area contributed by atoms with Crippen LogP contribution < -0.4 is 0 Å². The Morgan fingerprint density at radius 2 is 2.00 bits per heavy atom. The number of carbonyl (C=O) groups is 1. The lowest BCUT2D eigenvalue weighted by molar-refractivity contribution is -0.129. The topological polar surface area (TPSA) is 29.5 Å². The van der Waals surface area contributed by atoms with E-state index in [-0.39, 0.29) is 18.1 Å². The number of hydrogen-bond acceptors (Lipinski definition) is 2. The summed E-state index contributed by atoms with van der Waals surface area (Å²) in [6.45, 7) is 4.88. The van der Waals surface area contributed by atoms with Crippen LogP contribution in [0.15, 0.2) is 23.2 Å². The smallest absolute Gasteiger partial charge is 0.227 e. The van der Waals surface area contributed by atoms with Gasteiger partial charge in [0.1, 0.15) is 5.76 Å². The number of allylic oxidation sites excluding steroid dienone is 3. The van der Waals surface area contributed by atoms with Crippen LogP contribution in [0.2, 0.25) is 0 Å². The fourth-order valence-electron chi connectivity index (χ4n) is 1.86. The highest BCUT2D eigenvalue weighted by atomic mass is 19.1. The summed E-state index contributed by atoms with van der Waals surface area (Å²) in [5, 5.41) is 0. The SMILES string of the molecule is C/C=C(CC(=O)N1CCCC1)\C(F)=C(/C)OC. The first-order valence-corrected chi connectivity index (χ1v) is 5.93. The molecule has 0 atom stereocenters. The molecule has 4 heteroatoms. The van der Waals surface area contributed by atoms with Crippen molar-refractivity contribution in [3.63, 3.8) is 0 Å². The number of halogens is 1. The van der Waals surface area contributed by atoms with Gasteiger partial charge in [0.2, 0.25) is 5.91 Å². The molecule has 1 heterocycles. The van der Waals surface area contributed by atoms with Crippen molar-refractivity contribution in [2.45, 2.75) is 33.1 Å². The Balaban J connectivity index is 2.67. The molecule has 17 heavy (non-hydrogen) atoms. The van der Waals surface area contributed by atoms with Crippen LogP contribution in [-0.2, 0) is 9.53 Å². The number of ether oxygens (including phenoxy) is 1. The van der Waals surface area contributed by atoms with E-state index in [4.69, 9.17) is 4.74 Å². The normalized spacial score (nSPS) is 18.1. The van der Waals surface area contributed by atoms with E-state index in [2.05, 4.69) is 0 Å². The lowest BCUT2D eigenvalue weighted by Gasteiger charge is -2.16. The van der Waals surface area contributed by atoms with E-state index in [9.17, 15) is 9.18 Å². The number of methoxy groups -OCH3 is 1. The number of hydrogen-bond donors (Lipinski definition) is 0. The molecule has 1 amide bonds. The van der Waals surface area contributed by atoms with Crippen molar-refractivity contribution in [3.8, 4) is 0 Å². The molecular formula is C13H20FNO2. The molecule has 0 bridgehead atoms. The molecule has 0 N–H and O–H groups in total. The third-order valence-corrected chi connectivity index (χ3v) is 3.05. The van der Waals surface area contributed by atoms with E-state index in [1.807, 2.05) is 0 Å². The van der Waals surface area contributed by atoms with Crippen molar-refractivity contribution in [2.24, 2.45) is 0 Å². The van der Waals surface area contributed by atoms with Crippen LogP contribution in [-0.4, -0.2) is 31.0 Å². The highest BCUT2D eigenvalue weighted by Crippen LogP contribution is 2.22. The molecule has 1 fully saturated rings. The van der Waals surface area contributed by atoms with Crippen LogP contribution in [0.25, 0.3) is 0 Å². The molecular weight excluding hydrogens is 221 g/mol. The maximum absolute atomic E-state index is 13.8. The summed E-state index contributed by atoms with van der Waals surface area (Å²) >= 11 is 0. The van der Waals surface area contributed by atoms with Crippen molar-refractivity contribution in [1.29, 1.82) is 0 Å². The summed E-state index contributed by atoms with van der Waals surface area (Å²) < 4.78 is 18.7. The van der Waals surface area contributed by atoms with E-state index in [1.54, 1.807) is 24.8 Å². The van der Waals surface area contributed by atoms with Gasteiger partial charge in [-0.25, -0.2) is 4.39 Å². The molecule has 0 spiro atoms. The Kier molecular flexibility index (Phi) is 5.19. The molecule has 1 aliphatic rings. The predicted octanol–water partition coefficient (Wildman–Crippen LogP) is 2.79. The average molecular weight is 241 g/mol. The summed E-state index contributed by atoms with van der Waals surface area (Å²) in [7, 11) is 1.42. The molecule has 3 nitrogen and oxygen atoms in total. The first-order chi connectivity index (χ1) is 8.10. The van der Waals surface area contributed by atoms with Gasteiger partial charge in [0.15, 0.2) is 5.83 Å². The third kappa shape index (κ3) is 3.58. The molecule has 0 aromatic carbocycles. The van der Waals surface area contributed by atoms with Crippen LogP contribution in [0, 0.1) is 0 Å². The molecule has 1 rings (SSSR count). The molecule has 1 aliphatic heterocycles. The highest BCUT2D eigenvalue weighted by molar-refractivity contribution is 5.79. The minimum Gasteiger partial charge on any atom is -0.498 e. The van der Waals surface area contributed by atoms with Gasteiger partial charge in [0.25, 0.3) is 0 Å². The molecule has 0 aliphatic carbocycles. The average Bonchev–Trinajstić information content (AvgIpc) is 2.87. The zero-order valence-corrected chi connectivity index (χ0v) is 10.8. The molecule has 0 aromatic heterocycles. The first kappa shape index (κ1) is 13.7. The summed E-state index contributed by atoms with van der Waals surface area (Å²) in [5.74, 6) is -0.218. The van der Waals surface area contributed by atoms with Crippen LogP contribution >= 0.6 is 0 Å². The molecule has 0 radical (unpaired) electrons.